The summed E-state index contributed by atoms with van der Waals surface area (Å²) in [7, 11) is 0. The number of carbonyl (C=O) groups excluding carboxylic acids is 1. The molecule has 1 aromatic heterocycles. The quantitative estimate of drug-likeness (QED) is 0.572. The lowest BCUT2D eigenvalue weighted by atomic mass is 10.1. The molecule has 0 N–H and O–H groups in total. The first-order valence-electron chi connectivity index (χ1n) is 9.20. The van der Waals surface area contributed by atoms with Gasteiger partial charge in [0.1, 0.15) is 11.9 Å². The predicted molar refractivity (Wildman–Crippen MR) is 110 cm³/mol. The minimum absolute atomic E-state index is 0.0221. The highest BCUT2D eigenvalue weighted by Crippen LogP contribution is 2.33. The highest BCUT2D eigenvalue weighted by atomic mass is 35.5. The van der Waals surface area contributed by atoms with Crippen molar-refractivity contribution in [1.29, 1.82) is 0 Å². The van der Waals surface area contributed by atoms with Crippen molar-refractivity contribution in [3.63, 3.8) is 0 Å². The van der Waals surface area contributed by atoms with Crippen LogP contribution in [-0.2, 0) is 0 Å². The lowest BCUT2D eigenvalue weighted by Gasteiger charge is -2.31. The molecular weight excluding hydrogens is 399 g/mol. The molecule has 0 spiro atoms. The van der Waals surface area contributed by atoms with Crippen molar-refractivity contribution in [3.05, 3.63) is 57.9 Å². The summed E-state index contributed by atoms with van der Waals surface area (Å²) in [4.78, 5) is 19.1. The zero-order valence-electron chi connectivity index (χ0n) is 15.7. The van der Waals surface area contributed by atoms with Crippen LogP contribution in [0.4, 0.5) is 4.39 Å². The van der Waals surface area contributed by atoms with Gasteiger partial charge in [0.15, 0.2) is 0 Å². The third kappa shape index (κ3) is 3.71. The van der Waals surface area contributed by atoms with Crippen LogP contribution in [-0.4, -0.2) is 35.0 Å². The topological polar surface area (TPSA) is 42.4 Å². The number of hydrogen-bond donors (Lipinski definition) is 0. The molecule has 1 amide bonds. The fraction of sp³-hybridized carbons (Fsp3) is 0.333. The highest BCUT2D eigenvalue weighted by Gasteiger charge is 2.26. The Bertz CT molecular complexity index is 1010. The van der Waals surface area contributed by atoms with Gasteiger partial charge < -0.3 is 9.64 Å². The summed E-state index contributed by atoms with van der Waals surface area (Å²) in [6.45, 7) is 5.27. The molecule has 0 aliphatic carbocycles. The van der Waals surface area contributed by atoms with Gasteiger partial charge in [0.05, 0.1) is 20.8 Å². The second-order valence-corrected chi connectivity index (χ2v) is 8.46. The molecule has 1 aliphatic heterocycles. The van der Waals surface area contributed by atoms with Crippen LogP contribution in [0.5, 0.6) is 5.19 Å². The Hall–Kier alpha value is -2.18. The summed E-state index contributed by atoms with van der Waals surface area (Å²) in [5.74, 6) is -0.621. The monoisotopic (exact) mass is 418 g/mol. The van der Waals surface area contributed by atoms with E-state index in [1.54, 1.807) is 16.2 Å². The van der Waals surface area contributed by atoms with Gasteiger partial charge in [0.25, 0.3) is 11.1 Å². The van der Waals surface area contributed by atoms with Crippen LogP contribution in [0.2, 0.25) is 5.02 Å². The molecule has 7 heteroatoms. The maximum atomic E-state index is 13.2. The van der Waals surface area contributed by atoms with Gasteiger partial charge in [-0.15, -0.1) is 0 Å². The lowest BCUT2D eigenvalue weighted by Crippen LogP contribution is -2.41. The number of ether oxygens (including phenoxy) is 1. The molecule has 1 saturated heterocycles. The van der Waals surface area contributed by atoms with Gasteiger partial charge in [-0.3, -0.25) is 4.79 Å². The number of halogens is 2. The average molecular weight is 419 g/mol. The first-order chi connectivity index (χ1) is 13.4. The fourth-order valence-corrected chi connectivity index (χ4v) is 4.72. The Morgan fingerprint density at radius 3 is 2.61 bits per heavy atom. The Morgan fingerprint density at radius 1 is 1.21 bits per heavy atom. The van der Waals surface area contributed by atoms with Gasteiger partial charge in [-0.2, -0.15) is 0 Å². The van der Waals surface area contributed by atoms with Crippen molar-refractivity contribution in [3.8, 4) is 5.19 Å². The molecule has 4 rings (SSSR count). The summed E-state index contributed by atoms with van der Waals surface area (Å²) in [6, 6.07) is 8.04. The van der Waals surface area contributed by atoms with E-state index in [9.17, 15) is 9.18 Å². The van der Waals surface area contributed by atoms with Gasteiger partial charge in [0.2, 0.25) is 0 Å². The van der Waals surface area contributed by atoms with Crippen LogP contribution < -0.4 is 4.74 Å². The number of carbonyl (C=O) groups is 1. The van der Waals surface area contributed by atoms with Crippen LogP contribution in [0, 0.1) is 19.7 Å². The summed E-state index contributed by atoms with van der Waals surface area (Å²) in [5.41, 5.74) is 3.67. The largest absolute Gasteiger partial charge is 0.467 e. The number of amides is 1. The minimum Gasteiger partial charge on any atom is -0.467 e. The van der Waals surface area contributed by atoms with Crippen molar-refractivity contribution >= 4 is 39.1 Å². The second-order valence-electron chi connectivity index (χ2n) is 7.09. The van der Waals surface area contributed by atoms with E-state index in [2.05, 4.69) is 31.0 Å². The molecule has 3 aromatic rings. The van der Waals surface area contributed by atoms with E-state index in [0.29, 0.717) is 23.8 Å². The molecule has 1 aliphatic rings. The molecule has 0 saturated carbocycles. The molecule has 0 bridgehead atoms. The number of aromatic nitrogens is 1. The van der Waals surface area contributed by atoms with E-state index < -0.39 is 5.82 Å². The van der Waals surface area contributed by atoms with Gasteiger partial charge in [-0.1, -0.05) is 35.1 Å². The molecule has 146 valence electrons. The van der Waals surface area contributed by atoms with Crippen LogP contribution in [0.1, 0.15) is 34.3 Å². The number of aryl methyl sites for hydroxylation is 2. The molecule has 4 nitrogen and oxygen atoms in total. The number of fused-ring (bicyclic) bond motifs is 1. The molecule has 2 aromatic carbocycles. The number of likely N-dealkylation sites (tertiary alicyclic amines) is 1. The third-order valence-electron chi connectivity index (χ3n) is 5.08. The zero-order valence-corrected chi connectivity index (χ0v) is 17.2. The summed E-state index contributed by atoms with van der Waals surface area (Å²) in [6.07, 6.45) is 1.46. The van der Waals surface area contributed by atoms with Crippen LogP contribution in [0.25, 0.3) is 10.2 Å². The van der Waals surface area contributed by atoms with Crippen LogP contribution in [0.3, 0.4) is 0 Å². The highest BCUT2D eigenvalue weighted by molar-refractivity contribution is 7.20. The molecule has 2 heterocycles. The van der Waals surface area contributed by atoms with Crippen molar-refractivity contribution in [2.75, 3.05) is 13.1 Å². The molecule has 0 radical (unpaired) electrons. The molecule has 28 heavy (non-hydrogen) atoms. The van der Waals surface area contributed by atoms with E-state index in [1.165, 1.54) is 23.8 Å². The summed E-state index contributed by atoms with van der Waals surface area (Å²) < 4.78 is 20.5. The number of rotatable bonds is 3. The maximum absolute atomic E-state index is 13.2. The molecule has 1 fully saturated rings. The fourth-order valence-electron chi connectivity index (χ4n) is 3.44. The lowest BCUT2D eigenvalue weighted by molar-refractivity contribution is 0.0595. The third-order valence-corrected chi connectivity index (χ3v) is 6.48. The van der Waals surface area contributed by atoms with Gasteiger partial charge in [-0.05, 0) is 43.2 Å². The Kier molecular flexibility index (Phi) is 5.25. The Labute approximate surface area is 171 Å². The first-order valence-corrected chi connectivity index (χ1v) is 10.4. The smallest absolute Gasteiger partial charge is 0.274 e. The second kappa shape index (κ2) is 7.68. The minimum atomic E-state index is -0.449. The number of piperidine rings is 1. The first kappa shape index (κ1) is 19.2. The van der Waals surface area contributed by atoms with Crippen molar-refractivity contribution in [2.24, 2.45) is 0 Å². The van der Waals surface area contributed by atoms with Crippen molar-refractivity contribution < 1.29 is 13.9 Å². The van der Waals surface area contributed by atoms with Gasteiger partial charge >= 0.3 is 0 Å². The number of thiazole rings is 1. The molecular formula is C21H20ClFN2O2S. The van der Waals surface area contributed by atoms with E-state index in [-0.39, 0.29) is 17.0 Å². The van der Waals surface area contributed by atoms with Gasteiger partial charge in [-0.25, -0.2) is 9.37 Å². The van der Waals surface area contributed by atoms with Crippen molar-refractivity contribution in [1.82, 2.24) is 9.88 Å². The number of benzene rings is 2. The number of hydrogen-bond acceptors (Lipinski definition) is 4. The van der Waals surface area contributed by atoms with E-state index in [0.717, 1.165) is 28.6 Å². The van der Waals surface area contributed by atoms with Crippen molar-refractivity contribution in [2.45, 2.75) is 32.8 Å². The van der Waals surface area contributed by atoms with E-state index >= 15 is 0 Å². The number of nitrogens with zero attached hydrogens (tertiary/aromatic N) is 2. The SMILES string of the molecule is Cc1ccc(C)c2sc(OC3CCN(C(=O)c4ccc(F)cc4Cl)CC3)nc12. The maximum Gasteiger partial charge on any atom is 0.274 e. The molecule has 0 unspecified atom stereocenters. The predicted octanol–water partition coefficient (Wildman–Crippen LogP) is 5.39. The zero-order chi connectivity index (χ0) is 19.8. The average Bonchev–Trinajstić information content (AvgIpc) is 3.10. The standard InChI is InChI=1S/C21H20ClFN2O2S/c1-12-3-4-13(2)19-18(12)24-21(28-19)27-15-7-9-25(10-8-15)20(26)16-6-5-14(23)11-17(16)22/h3-6,11,15H,7-10H2,1-2H3. The Balaban J connectivity index is 1.41. The Morgan fingerprint density at radius 2 is 1.93 bits per heavy atom. The summed E-state index contributed by atoms with van der Waals surface area (Å²) >= 11 is 7.60. The van der Waals surface area contributed by atoms with E-state index in [1.807, 2.05) is 0 Å². The summed E-state index contributed by atoms with van der Waals surface area (Å²) in [5, 5.41) is 0.822. The van der Waals surface area contributed by atoms with Crippen LogP contribution >= 0.6 is 22.9 Å². The normalized spacial score (nSPS) is 15.2. The van der Waals surface area contributed by atoms with E-state index in [4.69, 9.17) is 16.3 Å². The van der Waals surface area contributed by atoms with Gasteiger partial charge in [0, 0.05) is 25.9 Å². The molecule has 0 atom stereocenters. The van der Waals surface area contributed by atoms with Crippen LogP contribution in [0.15, 0.2) is 30.3 Å².